The fourth-order valence-electron chi connectivity index (χ4n) is 2.09. The van der Waals surface area contributed by atoms with Crippen LogP contribution in [-0.4, -0.2) is 61.4 Å². The third-order valence-electron chi connectivity index (χ3n) is 3.15. The zero-order chi connectivity index (χ0) is 16.1. The zero-order valence-electron chi connectivity index (χ0n) is 12.8. The third-order valence-corrected chi connectivity index (χ3v) is 4.37. The Morgan fingerprint density at radius 3 is 2.78 bits per heavy atom. The molecular formula is C13H19ClIN5O2S. The van der Waals surface area contributed by atoms with Gasteiger partial charge in [0.2, 0.25) is 5.91 Å². The molecule has 1 aromatic heterocycles. The summed E-state index contributed by atoms with van der Waals surface area (Å²) in [5.74, 6) is 0.486. The van der Waals surface area contributed by atoms with Crippen LogP contribution in [0.4, 0.5) is 4.79 Å². The summed E-state index contributed by atoms with van der Waals surface area (Å²) in [6.45, 7) is 1.51. The van der Waals surface area contributed by atoms with Crippen LogP contribution in [0.3, 0.4) is 0 Å². The van der Waals surface area contributed by atoms with Crippen LogP contribution in [-0.2, 0) is 11.3 Å². The molecule has 1 aromatic rings. The molecule has 2 N–H and O–H groups in total. The van der Waals surface area contributed by atoms with Gasteiger partial charge >= 0.3 is 6.03 Å². The number of carbonyl (C=O) groups is 2. The van der Waals surface area contributed by atoms with Crippen LogP contribution in [0.1, 0.15) is 4.88 Å². The summed E-state index contributed by atoms with van der Waals surface area (Å²) in [5, 5.41) is 5.63. The second-order valence-electron chi connectivity index (χ2n) is 4.74. The van der Waals surface area contributed by atoms with Crippen molar-refractivity contribution in [3.63, 3.8) is 0 Å². The summed E-state index contributed by atoms with van der Waals surface area (Å²) in [7, 11) is 3.60. The van der Waals surface area contributed by atoms with Gasteiger partial charge in [-0.25, -0.2) is 4.79 Å². The Bertz CT molecular complexity index is 579. The number of imide groups is 1. The van der Waals surface area contributed by atoms with Crippen molar-refractivity contribution in [1.29, 1.82) is 0 Å². The van der Waals surface area contributed by atoms with Crippen LogP contribution in [0, 0.1) is 0 Å². The number of halogens is 2. The highest BCUT2D eigenvalue weighted by Crippen LogP contribution is 2.22. The van der Waals surface area contributed by atoms with Gasteiger partial charge in [0, 0.05) is 32.1 Å². The van der Waals surface area contributed by atoms with Crippen LogP contribution < -0.4 is 10.6 Å². The van der Waals surface area contributed by atoms with Gasteiger partial charge in [0.25, 0.3) is 0 Å². The van der Waals surface area contributed by atoms with Crippen molar-refractivity contribution in [2.24, 2.45) is 4.99 Å². The second kappa shape index (κ2) is 9.28. The van der Waals surface area contributed by atoms with Crippen molar-refractivity contribution in [3.8, 4) is 0 Å². The van der Waals surface area contributed by atoms with Gasteiger partial charge in [-0.3, -0.25) is 14.7 Å². The molecule has 1 fully saturated rings. The Kier molecular flexibility index (Phi) is 8.06. The number of rotatable bonds is 5. The summed E-state index contributed by atoms with van der Waals surface area (Å²) < 4.78 is 0.755. The van der Waals surface area contributed by atoms with Crippen LogP contribution in [0.2, 0.25) is 4.34 Å². The first-order chi connectivity index (χ1) is 10.5. The lowest BCUT2D eigenvalue weighted by molar-refractivity contribution is -0.124. The average molecular weight is 472 g/mol. The number of amides is 3. The van der Waals surface area contributed by atoms with Gasteiger partial charge in [-0.2, -0.15) is 0 Å². The number of aliphatic imine (C=N–C) groups is 1. The largest absolute Gasteiger partial charge is 0.354 e. The molecule has 128 valence electrons. The molecule has 3 amide bonds. The molecule has 0 saturated carbocycles. The Balaban J connectivity index is 0.00000264. The minimum atomic E-state index is -0.344. The molecule has 0 atom stereocenters. The SMILES string of the molecule is CN=C(NCCN1C(=O)CNC1=O)N(C)Cc1ccc(Cl)s1.I. The Morgan fingerprint density at radius 1 is 1.52 bits per heavy atom. The Hall–Kier alpha value is -1.07. The second-order valence-corrected chi connectivity index (χ2v) is 6.54. The fourth-order valence-corrected chi connectivity index (χ4v) is 3.23. The van der Waals surface area contributed by atoms with Gasteiger partial charge in [-0.1, -0.05) is 11.6 Å². The molecule has 1 aliphatic rings. The normalized spacial score (nSPS) is 14.6. The first kappa shape index (κ1) is 20.0. The van der Waals surface area contributed by atoms with Crippen molar-refractivity contribution >= 4 is 64.8 Å². The summed E-state index contributed by atoms with van der Waals surface area (Å²) >= 11 is 7.44. The van der Waals surface area contributed by atoms with Crippen LogP contribution >= 0.6 is 46.9 Å². The van der Waals surface area contributed by atoms with E-state index in [0.717, 1.165) is 9.21 Å². The number of urea groups is 1. The predicted molar refractivity (Wildman–Crippen MR) is 103 cm³/mol. The maximum atomic E-state index is 11.5. The van der Waals surface area contributed by atoms with E-state index in [9.17, 15) is 9.59 Å². The number of hydrogen-bond donors (Lipinski definition) is 2. The molecule has 1 aliphatic heterocycles. The average Bonchev–Trinajstić information content (AvgIpc) is 3.02. The molecule has 1 saturated heterocycles. The molecule has 0 aromatic carbocycles. The van der Waals surface area contributed by atoms with E-state index >= 15 is 0 Å². The zero-order valence-corrected chi connectivity index (χ0v) is 16.7. The third kappa shape index (κ3) is 5.50. The Labute approximate surface area is 161 Å². The molecule has 10 heteroatoms. The Morgan fingerprint density at radius 2 is 2.26 bits per heavy atom. The number of guanidine groups is 1. The molecule has 7 nitrogen and oxygen atoms in total. The van der Waals surface area contributed by atoms with E-state index in [1.807, 2.05) is 24.1 Å². The van der Waals surface area contributed by atoms with Crippen molar-refractivity contribution in [1.82, 2.24) is 20.4 Å². The highest BCUT2D eigenvalue weighted by molar-refractivity contribution is 14.0. The van der Waals surface area contributed by atoms with Crippen LogP contribution in [0.25, 0.3) is 0 Å². The standard InChI is InChI=1S/C13H18ClN5O2S.HI/c1-15-12(18(2)8-9-3-4-10(14)22-9)16-5-6-19-11(20)7-17-13(19)21;/h3-4H,5-8H2,1-2H3,(H,15,16)(H,17,21);1H. The number of nitrogens with zero attached hydrogens (tertiary/aromatic N) is 3. The number of hydrogen-bond acceptors (Lipinski definition) is 4. The lowest BCUT2D eigenvalue weighted by Gasteiger charge is -2.22. The maximum Gasteiger partial charge on any atom is 0.324 e. The van der Waals surface area contributed by atoms with Gasteiger partial charge in [0.1, 0.15) is 0 Å². The first-order valence-electron chi connectivity index (χ1n) is 6.75. The summed E-state index contributed by atoms with van der Waals surface area (Å²) in [6.07, 6.45) is 0. The van der Waals surface area contributed by atoms with Crippen molar-refractivity contribution in [3.05, 3.63) is 21.3 Å². The van der Waals surface area contributed by atoms with E-state index in [-0.39, 0.29) is 42.5 Å². The molecule has 2 rings (SSSR count). The van der Waals surface area contributed by atoms with Crippen molar-refractivity contribution in [2.75, 3.05) is 33.7 Å². The van der Waals surface area contributed by atoms with Gasteiger partial charge in [0.05, 0.1) is 17.4 Å². The van der Waals surface area contributed by atoms with Gasteiger partial charge < -0.3 is 15.5 Å². The minimum absolute atomic E-state index is 0. The van der Waals surface area contributed by atoms with Crippen LogP contribution in [0.5, 0.6) is 0 Å². The van der Waals surface area contributed by atoms with E-state index in [1.54, 1.807) is 7.05 Å². The summed E-state index contributed by atoms with van der Waals surface area (Å²) in [4.78, 5) is 31.4. The van der Waals surface area contributed by atoms with Gasteiger partial charge in [-0.15, -0.1) is 35.3 Å². The number of carbonyl (C=O) groups excluding carboxylic acids is 2. The predicted octanol–water partition coefficient (Wildman–Crippen LogP) is 1.58. The highest BCUT2D eigenvalue weighted by Gasteiger charge is 2.27. The van der Waals surface area contributed by atoms with Crippen molar-refractivity contribution in [2.45, 2.75) is 6.54 Å². The van der Waals surface area contributed by atoms with E-state index in [4.69, 9.17) is 11.6 Å². The van der Waals surface area contributed by atoms with Crippen LogP contribution in [0.15, 0.2) is 17.1 Å². The highest BCUT2D eigenvalue weighted by atomic mass is 127. The molecule has 0 aliphatic carbocycles. The van der Waals surface area contributed by atoms with E-state index in [0.29, 0.717) is 25.6 Å². The molecule has 2 heterocycles. The first-order valence-corrected chi connectivity index (χ1v) is 7.95. The molecule has 0 spiro atoms. The summed E-state index contributed by atoms with van der Waals surface area (Å²) in [5.41, 5.74) is 0. The molecule has 0 unspecified atom stereocenters. The summed E-state index contributed by atoms with van der Waals surface area (Å²) in [6, 6.07) is 3.50. The minimum Gasteiger partial charge on any atom is -0.354 e. The van der Waals surface area contributed by atoms with Gasteiger partial charge in [0.15, 0.2) is 5.96 Å². The lowest BCUT2D eigenvalue weighted by atomic mass is 10.4. The molecule has 0 radical (unpaired) electrons. The van der Waals surface area contributed by atoms with E-state index in [2.05, 4.69) is 15.6 Å². The maximum absolute atomic E-state index is 11.5. The fraction of sp³-hybridized carbons (Fsp3) is 0.462. The van der Waals surface area contributed by atoms with E-state index < -0.39 is 0 Å². The smallest absolute Gasteiger partial charge is 0.324 e. The lowest BCUT2D eigenvalue weighted by Crippen LogP contribution is -2.43. The molecule has 23 heavy (non-hydrogen) atoms. The molecular weight excluding hydrogens is 453 g/mol. The van der Waals surface area contributed by atoms with Gasteiger partial charge in [-0.05, 0) is 12.1 Å². The molecule has 0 bridgehead atoms. The van der Waals surface area contributed by atoms with E-state index in [1.165, 1.54) is 16.2 Å². The monoisotopic (exact) mass is 471 g/mol. The topological polar surface area (TPSA) is 77.0 Å². The quantitative estimate of drug-likeness (QED) is 0.296. The van der Waals surface area contributed by atoms with Crippen molar-refractivity contribution < 1.29 is 9.59 Å². The number of nitrogens with one attached hydrogen (secondary N) is 2. The number of thiophene rings is 1.